The van der Waals surface area contributed by atoms with Crippen molar-refractivity contribution in [1.29, 1.82) is 5.26 Å². The fourth-order valence-corrected chi connectivity index (χ4v) is 3.40. The van der Waals surface area contributed by atoms with E-state index in [1.54, 1.807) is 61.7 Å². The van der Waals surface area contributed by atoms with Crippen molar-refractivity contribution >= 4 is 34.4 Å². The van der Waals surface area contributed by atoms with Crippen LogP contribution in [0.3, 0.4) is 0 Å². The molecule has 6 heteroatoms. The van der Waals surface area contributed by atoms with E-state index in [2.05, 4.69) is 5.32 Å². The lowest BCUT2D eigenvalue weighted by Crippen LogP contribution is -2.13. The monoisotopic (exact) mass is 448 g/mol. The number of fused-ring (bicyclic) bond motifs is 1. The third-order valence-corrected chi connectivity index (χ3v) is 5.11. The van der Waals surface area contributed by atoms with E-state index in [9.17, 15) is 14.9 Å². The maximum Gasteiger partial charge on any atom is 0.343 e. The number of hydrogen-bond acceptors (Lipinski definition) is 5. The highest BCUT2D eigenvalue weighted by Gasteiger charge is 2.13. The summed E-state index contributed by atoms with van der Waals surface area (Å²) in [5, 5.41) is 14.2. The number of nitrogens with zero attached hydrogens (tertiary/aromatic N) is 1. The summed E-state index contributed by atoms with van der Waals surface area (Å²) in [7, 11) is 1.55. The lowest BCUT2D eigenvalue weighted by Gasteiger charge is -2.09. The Labute approximate surface area is 196 Å². The first-order valence-corrected chi connectivity index (χ1v) is 10.4. The number of carbonyl (C=O) groups excluding carboxylic acids is 2. The first-order chi connectivity index (χ1) is 16.6. The topological polar surface area (TPSA) is 88.4 Å². The average Bonchev–Trinajstić information content (AvgIpc) is 2.87. The molecule has 0 aliphatic heterocycles. The van der Waals surface area contributed by atoms with Crippen LogP contribution in [0.1, 0.15) is 15.9 Å². The van der Waals surface area contributed by atoms with Crippen LogP contribution in [-0.4, -0.2) is 19.0 Å². The van der Waals surface area contributed by atoms with Gasteiger partial charge in [-0.1, -0.05) is 48.5 Å². The number of ether oxygens (including phenoxy) is 2. The van der Waals surface area contributed by atoms with E-state index in [1.165, 1.54) is 6.08 Å². The van der Waals surface area contributed by atoms with Crippen molar-refractivity contribution in [3.63, 3.8) is 0 Å². The second kappa shape index (κ2) is 10.2. The summed E-state index contributed by atoms with van der Waals surface area (Å²) < 4.78 is 10.5. The highest BCUT2D eigenvalue weighted by molar-refractivity contribution is 6.12. The minimum atomic E-state index is -0.530. The Hall–Kier alpha value is -4.89. The van der Waals surface area contributed by atoms with E-state index < -0.39 is 11.9 Å². The van der Waals surface area contributed by atoms with E-state index >= 15 is 0 Å². The zero-order chi connectivity index (χ0) is 23.9. The maximum absolute atomic E-state index is 12.8. The lowest BCUT2D eigenvalue weighted by molar-refractivity contribution is -0.112. The lowest BCUT2D eigenvalue weighted by atomic mass is 10.1. The number of anilines is 1. The minimum Gasteiger partial charge on any atom is -0.497 e. The molecule has 1 N–H and O–H groups in total. The van der Waals surface area contributed by atoms with Crippen LogP contribution in [0.5, 0.6) is 11.5 Å². The van der Waals surface area contributed by atoms with Crippen LogP contribution in [0.2, 0.25) is 0 Å². The van der Waals surface area contributed by atoms with Gasteiger partial charge in [0.2, 0.25) is 0 Å². The van der Waals surface area contributed by atoms with Gasteiger partial charge in [-0.3, -0.25) is 4.79 Å². The number of methoxy groups -OCH3 is 1. The Morgan fingerprint density at radius 1 is 0.882 bits per heavy atom. The predicted molar refractivity (Wildman–Crippen MR) is 131 cm³/mol. The molecule has 0 saturated heterocycles. The van der Waals surface area contributed by atoms with Crippen molar-refractivity contribution in [3.8, 4) is 17.6 Å². The number of nitrogens with one attached hydrogen (secondary N) is 1. The fraction of sp³-hybridized carbons (Fsp3) is 0.0357. The summed E-state index contributed by atoms with van der Waals surface area (Å²) in [6.07, 6.45) is 1.45. The second-order valence-corrected chi connectivity index (χ2v) is 7.34. The largest absolute Gasteiger partial charge is 0.497 e. The third-order valence-electron chi connectivity index (χ3n) is 5.11. The molecule has 1 amide bonds. The normalized spacial score (nSPS) is 10.9. The third kappa shape index (κ3) is 5.12. The van der Waals surface area contributed by atoms with Gasteiger partial charge < -0.3 is 14.8 Å². The van der Waals surface area contributed by atoms with Crippen molar-refractivity contribution in [2.24, 2.45) is 0 Å². The van der Waals surface area contributed by atoms with Crippen molar-refractivity contribution in [2.45, 2.75) is 0 Å². The van der Waals surface area contributed by atoms with Gasteiger partial charge in [-0.25, -0.2) is 4.79 Å². The number of nitriles is 1. The fourth-order valence-electron chi connectivity index (χ4n) is 3.40. The quantitative estimate of drug-likeness (QED) is 0.179. The molecule has 4 aromatic rings. The highest BCUT2D eigenvalue weighted by atomic mass is 16.5. The zero-order valence-corrected chi connectivity index (χ0v) is 18.3. The van der Waals surface area contributed by atoms with Gasteiger partial charge in [0.1, 0.15) is 23.1 Å². The van der Waals surface area contributed by atoms with Gasteiger partial charge in [-0.2, -0.15) is 5.26 Å². The smallest absolute Gasteiger partial charge is 0.343 e. The standard InChI is InChI=1S/C28H20N2O4/c1-33-23-14-12-21(13-15-23)28(32)34-24-9-4-6-19(17-24)16-22(18-29)27(31)30-26-11-5-8-20-7-2-3-10-25(20)26/h2-17H,1H3,(H,30,31)/b22-16+. The summed E-state index contributed by atoms with van der Waals surface area (Å²) in [4.78, 5) is 25.2. The molecule has 0 aliphatic carbocycles. The Kier molecular flexibility index (Phi) is 6.66. The molecule has 0 unspecified atom stereocenters. The number of esters is 1. The molecule has 0 radical (unpaired) electrons. The molecule has 0 saturated carbocycles. The second-order valence-electron chi connectivity index (χ2n) is 7.34. The Morgan fingerprint density at radius 3 is 2.38 bits per heavy atom. The van der Waals surface area contributed by atoms with Gasteiger partial charge in [0.25, 0.3) is 5.91 Å². The van der Waals surface area contributed by atoms with E-state index in [0.29, 0.717) is 28.3 Å². The van der Waals surface area contributed by atoms with Crippen LogP contribution in [0.4, 0.5) is 5.69 Å². The van der Waals surface area contributed by atoms with E-state index in [-0.39, 0.29) is 5.57 Å². The van der Waals surface area contributed by atoms with Crippen LogP contribution in [0.15, 0.2) is 96.6 Å². The molecule has 34 heavy (non-hydrogen) atoms. The number of hydrogen-bond donors (Lipinski definition) is 1. The summed E-state index contributed by atoms with van der Waals surface area (Å²) in [6.45, 7) is 0. The summed E-state index contributed by atoms with van der Waals surface area (Å²) >= 11 is 0. The summed E-state index contributed by atoms with van der Waals surface area (Å²) in [5.74, 6) is -0.131. The van der Waals surface area contributed by atoms with Crippen molar-refractivity contribution in [2.75, 3.05) is 12.4 Å². The molecule has 0 bridgehead atoms. The van der Waals surface area contributed by atoms with Crippen molar-refractivity contribution in [3.05, 3.63) is 108 Å². The summed E-state index contributed by atoms with van der Waals surface area (Å²) in [5.41, 5.74) is 1.46. The molecule has 0 aliphatic rings. The van der Waals surface area contributed by atoms with Gasteiger partial charge in [0, 0.05) is 11.1 Å². The summed E-state index contributed by atoms with van der Waals surface area (Å²) in [6, 6.07) is 28.3. The SMILES string of the molecule is COc1ccc(C(=O)Oc2cccc(/C=C(\C#N)C(=O)Nc3cccc4ccccc34)c2)cc1. The first kappa shape index (κ1) is 22.3. The zero-order valence-electron chi connectivity index (χ0n) is 18.3. The van der Waals surface area contributed by atoms with Gasteiger partial charge >= 0.3 is 5.97 Å². The maximum atomic E-state index is 12.8. The molecular weight excluding hydrogens is 428 g/mol. The Bertz CT molecular complexity index is 1430. The first-order valence-electron chi connectivity index (χ1n) is 10.4. The average molecular weight is 448 g/mol. The molecule has 0 spiro atoms. The van der Waals surface area contributed by atoms with Crippen molar-refractivity contribution < 1.29 is 19.1 Å². The van der Waals surface area contributed by atoms with Crippen LogP contribution >= 0.6 is 0 Å². The number of carbonyl (C=O) groups is 2. The molecule has 4 aromatic carbocycles. The van der Waals surface area contributed by atoms with Gasteiger partial charge in [-0.05, 0) is 59.5 Å². The molecule has 4 rings (SSSR count). The molecule has 0 heterocycles. The van der Waals surface area contributed by atoms with Crippen LogP contribution in [-0.2, 0) is 4.79 Å². The number of amides is 1. The predicted octanol–water partition coefficient (Wildman–Crippen LogP) is 5.61. The molecule has 0 aromatic heterocycles. The van der Waals surface area contributed by atoms with E-state index in [0.717, 1.165) is 10.8 Å². The Balaban J connectivity index is 1.51. The molecule has 166 valence electrons. The Morgan fingerprint density at radius 2 is 1.62 bits per heavy atom. The number of benzene rings is 4. The molecule has 6 nitrogen and oxygen atoms in total. The van der Waals surface area contributed by atoms with Gasteiger partial charge in [-0.15, -0.1) is 0 Å². The van der Waals surface area contributed by atoms with Crippen LogP contribution < -0.4 is 14.8 Å². The minimum absolute atomic E-state index is 0.0773. The van der Waals surface area contributed by atoms with Gasteiger partial charge in [0.05, 0.1) is 12.7 Å². The molecule has 0 atom stereocenters. The van der Waals surface area contributed by atoms with Crippen molar-refractivity contribution in [1.82, 2.24) is 0 Å². The van der Waals surface area contributed by atoms with E-state index in [1.807, 2.05) is 42.5 Å². The van der Waals surface area contributed by atoms with Gasteiger partial charge in [0.15, 0.2) is 0 Å². The van der Waals surface area contributed by atoms with E-state index in [4.69, 9.17) is 9.47 Å². The number of rotatable bonds is 6. The van der Waals surface area contributed by atoms with Crippen LogP contribution in [0.25, 0.3) is 16.8 Å². The molecule has 0 fully saturated rings. The highest BCUT2D eigenvalue weighted by Crippen LogP contribution is 2.24. The molecular formula is C28H20N2O4. The van der Waals surface area contributed by atoms with Crippen LogP contribution in [0, 0.1) is 11.3 Å².